The van der Waals surface area contributed by atoms with Gasteiger partial charge in [0.1, 0.15) is 0 Å². The predicted octanol–water partition coefficient (Wildman–Crippen LogP) is 5.69. The molecule has 1 saturated carbocycles. The molecule has 1 N–H and O–H groups in total. The van der Waals surface area contributed by atoms with Gasteiger partial charge in [0.2, 0.25) is 0 Å². The third-order valence-corrected chi connectivity index (χ3v) is 6.19. The summed E-state index contributed by atoms with van der Waals surface area (Å²) in [5, 5.41) is 11.0. The third-order valence-electron chi connectivity index (χ3n) is 4.63. The molecule has 0 saturated heterocycles. The van der Waals surface area contributed by atoms with Gasteiger partial charge in [0.05, 0.1) is 6.10 Å². The lowest BCUT2D eigenvalue weighted by Crippen LogP contribution is -2.27. The molecular weight excluding hydrogens is 264 g/mol. The topological polar surface area (TPSA) is 20.2 Å². The average Bonchev–Trinajstić information content (AvgIpc) is 2.94. The van der Waals surface area contributed by atoms with Crippen LogP contribution in [0.3, 0.4) is 0 Å². The van der Waals surface area contributed by atoms with Crippen molar-refractivity contribution in [2.75, 3.05) is 0 Å². The standard InChI is InChI=1S/C18H30OS/c1-13(2)12-18(10-6-7-11-18)16(19)14-8-9-15(20-14)17(3,4)5/h8-9,13,16,19H,6-7,10-12H2,1-5H3. The van der Waals surface area contributed by atoms with Crippen molar-refractivity contribution in [2.45, 2.75) is 78.2 Å². The van der Waals surface area contributed by atoms with E-state index in [1.54, 1.807) is 0 Å². The zero-order valence-corrected chi connectivity index (χ0v) is 14.5. The first-order valence-electron chi connectivity index (χ1n) is 8.03. The summed E-state index contributed by atoms with van der Waals surface area (Å²) >= 11 is 1.81. The Labute approximate surface area is 128 Å². The first-order chi connectivity index (χ1) is 9.24. The molecule has 114 valence electrons. The molecule has 1 aromatic rings. The molecule has 20 heavy (non-hydrogen) atoms. The molecule has 0 radical (unpaired) electrons. The van der Waals surface area contributed by atoms with Gasteiger partial charge in [0.15, 0.2) is 0 Å². The molecule has 0 spiro atoms. The lowest BCUT2D eigenvalue weighted by atomic mass is 9.73. The fraction of sp³-hybridized carbons (Fsp3) is 0.778. The Bertz CT molecular complexity index is 433. The fourth-order valence-corrected chi connectivity index (χ4v) is 4.88. The molecule has 1 heterocycles. The van der Waals surface area contributed by atoms with E-state index in [9.17, 15) is 5.11 Å². The molecule has 1 atom stereocenters. The van der Waals surface area contributed by atoms with Gasteiger partial charge in [-0.25, -0.2) is 0 Å². The number of rotatable bonds is 4. The third kappa shape index (κ3) is 3.28. The van der Waals surface area contributed by atoms with Crippen molar-refractivity contribution in [3.8, 4) is 0 Å². The van der Waals surface area contributed by atoms with E-state index in [2.05, 4.69) is 46.8 Å². The number of hydrogen-bond donors (Lipinski definition) is 1. The zero-order chi connectivity index (χ0) is 15.0. The number of hydrogen-bond acceptors (Lipinski definition) is 2. The summed E-state index contributed by atoms with van der Waals surface area (Å²) in [6.45, 7) is 11.3. The second-order valence-corrected chi connectivity index (χ2v) is 9.14. The van der Waals surface area contributed by atoms with E-state index in [0.717, 1.165) is 6.42 Å². The molecule has 0 aliphatic heterocycles. The van der Waals surface area contributed by atoms with E-state index in [1.165, 1.54) is 35.4 Å². The monoisotopic (exact) mass is 294 g/mol. The average molecular weight is 295 g/mol. The maximum absolute atomic E-state index is 11.0. The molecule has 1 aromatic heterocycles. The highest BCUT2D eigenvalue weighted by molar-refractivity contribution is 7.12. The molecular formula is C18H30OS. The number of aliphatic hydroxyl groups excluding tert-OH is 1. The van der Waals surface area contributed by atoms with Gasteiger partial charge in [-0.15, -0.1) is 11.3 Å². The summed E-state index contributed by atoms with van der Waals surface area (Å²) in [7, 11) is 0. The summed E-state index contributed by atoms with van der Waals surface area (Å²) < 4.78 is 0. The normalized spacial score (nSPS) is 20.6. The lowest BCUT2D eigenvalue weighted by molar-refractivity contribution is 0.0138. The minimum atomic E-state index is -0.270. The van der Waals surface area contributed by atoms with E-state index in [4.69, 9.17) is 0 Å². The largest absolute Gasteiger partial charge is 0.387 e. The van der Waals surface area contributed by atoms with Crippen LogP contribution in [0.25, 0.3) is 0 Å². The Morgan fingerprint density at radius 3 is 2.25 bits per heavy atom. The van der Waals surface area contributed by atoms with Crippen LogP contribution in [0.4, 0.5) is 0 Å². The van der Waals surface area contributed by atoms with Gasteiger partial charge in [0.25, 0.3) is 0 Å². The molecule has 2 heteroatoms. The zero-order valence-electron chi connectivity index (χ0n) is 13.7. The van der Waals surface area contributed by atoms with E-state index >= 15 is 0 Å². The van der Waals surface area contributed by atoms with E-state index in [1.807, 2.05) is 11.3 Å². The van der Waals surface area contributed by atoms with Crippen LogP contribution in [0.1, 0.15) is 82.6 Å². The summed E-state index contributed by atoms with van der Waals surface area (Å²) in [5.74, 6) is 0.657. The Kier molecular flexibility index (Phi) is 4.66. The number of aliphatic hydroxyl groups is 1. The smallest absolute Gasteiger partial charge is 0.0938 e. The number of thiophene rings is 1. The van der Waals surface area contributed by atoms with Gasteiger partial charge in [-0.2, -0.15) is 0 Å². The van der Waals surface area contributed by atoms with Crippen molar-refractivity contribution in [1.82, 2.24) is 0 Å². The first kappa shape index (κ1) is 16.0. The van der Waals surface area contributed by atoms with Gasteiger partial charge >= 0.3 is 0 Å². The van der Waals surface area contributed by atoms with Crippen LogP contribution in [0.15, 0.2) is 12.1 Å². The van der Waals surface area contributed by atoms with Crippen molar-refractivity contribution in [2.24, 2.45) is 11.3 Å². The maximum atomic E-state index is 11.0. The molecule has 1 unspecified atom stereocenters. The van der Waals surface area contributed by atoms with Crippen LogP contribution in [0.2, 0.25) is 0 Å². The van der Waals surface area contributed by atoms with Crippen LogP contribution in [-0.2, 0) is 5.41 Å². The minimum absolute atomic E-state index is 0.133. The molecule has 0 aromatic carbocycles. The van der Waals surface area contributed by atoms with Crippen molar-refractivity contribution >= 4 is 11.3 Å². The van der Waals surface area contributed by atoms with Crippen LogP contribution >= 0.6 is 11.3 Å². The van der Waals surface area contributed by atoms with Gasteiger partial charge in [-0.3, -0.25) is 0 Å². The van der Waals surface area contributed by atoms with Crippen molar-refractivity contribution in [3.63, 3.8) is 0 Å². The van der Waals surface area contributed by atoms with Gasteiger partial charge in [-0.1, -0.05) is 47.5 Å². The molecule has 1 fully saturated rings. The van der Waals surface area contributed by atoms with Crippen LogP contribution < -0.4 is 0 Å². The summed E-state index contributed by atoms with van der Waals surface area (Å²) in [6, 6.07) is 4.37. The molecule has 1 nitrogen and oxygen atoms in total. The molecule has 1 aliphatic carbocycles. The summed E-state index contributed by atoms with van der Waals surface area (Å²) in [6.07, 6.45) is 5.82. The highest BCUT2D eigenvalue weighted by Gasteiger charge is 2.42. The summed E-state index contributed by atoms with van der Waals surface area (Å²) in [5.41, 5.74) is 0.317. The fourth-order valence-electron chi connectivity index (χ4n) is 3.69. The van der Waals surface area contributed by atoms with Crippen LogP contribution in [-0.4, -0.2) is 5.11 Å². The second-order valence-electron chi connectivity index (χ2n) is 8.02. The predicted molar refractivity (Wildman–Crippen MR) is 88.3 cm³/mol. The highest BCUT2D eigenvalue weighted by Crippen LogP contribution is 2.53. The van der Waals surface area contributed by atoms with Crippen molar-refractivity contribution in [3.05, 3.63) is 21.9 Å². The quantitative estimate of drug-likeness (QED) is 0.756. The highest BCUT2D eigenvalue weighted by atomic mass is 32.1. The van der Waals surface area contributed by atoms with E-state index < -0.39 is 0 Å². The molecule has 0 bridgehead atoms. The van der Waals surface area contributed by atoms with Gasteiger partial charge < -0.3 is 5.11 Å². The van der Waals surface area contributed by atoms with Crippen molar-refractivity contribution < 1.29 is 5.11 Å². The Morgan fingerprint density at radius 1 is 1.20 bits per heavy atom. The van der Waals surface area contributed by atoms with E-state index in [-0.39, 0.29) is 16.9 Å². The second kappa shape index (κ2) is 5.81. The first-order valence-corrected chi connectivity index (χ1v) is 8.84. The molecule has 2 rings (SSSR count). The lowest BCUT2D eigenvalue weighted by Gasteiger charge is -2.35. The molecule has 1 aliphatic rings. The maximum Gasteiger partial charge on any atom is 0.0938 e. The van der Waals surface area contributed by atoms with Gasteiger partial charge in [-0.05, 0) is 42.7 Å². The van der Waals surface area contributed by atoms with Gasteiger partial charge in [0, 0.05) is 15.2 Å². The SMILES string of the molecule is CC(C)CC1(C(O)c2ccc(C(C)(C)C)s2)CCCC1. The van der Waals surface area contributed by atoms with E-state index in [0.29, 0.717) is 5.92 Å². The van der Waals surface area contributed by atoms with Crippen LogP contribution in [0, 0.1) is 11.3 Å². The minimum Gasteiger partial charge on any atom is -0.387 e. The van der Waals surface area contributed by atoms with Crippen molar-refractivity contribution in [1.29, 1.82) is 0 Å². The Morgan fingerprint density at radius 2 is 1.80 bits per heavy atom. The Hall–Kier alpha value is -0.340. The summed E-state index contributed by atoms with van der Waals surface area (Å²) in [4.78, 5) is 2.56. The Balaban J connectivity index is 2.24. The van der Waals surface area contributed by atoms with Crippen LogP contribution in [0.5, 0.6) is 0 Å². The molecule has 0 amide bonds.